The number of rotatable bonds is 8. The number of aryl methyl sites for hydroxylation is 2. The fourth-order valence-corrected chi connectivity index (χ4v) is 4.98. The summed E-state index contributed by atoms with van der Waals surface area (Å²) in [4.78, 5) is 13.0. The summed E-state index contributed by atoms with van der Waals surface area (Å²) in [5.41, 5.74) is 6.37. The predicted molar refractivity (Wildman–Crippen MR) is 141 cm³/mol. The third-order valence-electron chi connectivity index (χ3n) is 5.77. The average molecular weight is 510 g/mol. The molecule has 188 valence electrons. The van der Waals surface area contributed by atoms with Crippen LogP contribution < -0.4 is 15.0 Å². The van der Waals surface area contributed by atoms with E-state index in [0.717, 1.165) is 41.5 Å². The number of nitro groups is 1. The fraction of sp³-hybridized carbons (Fsp3) is 0.240. The molecule has 4 rings (SSSR count). The van der Waals surface area contributed by atoms with Crippen molar-refractivity contribution in [3.63, 3.8) is 0 Å². The maximum atomic E-state index is 12.9. The smallest absolute Gasteiger partial charge is 0.295 e. The first-order valence-electron chi connectivity index (χ1n) is 11.3. The lowest BCUT2D eigenvalue weighted by Crippen LogP contribution is -2.36. The van der Waals surface area contributed by atoms with E-state index >= 15 is 0 Å². The minimum atomic E-state index is -4.03. The highest BCUT2D eigenvalue weighted by Crippen LogP contribution is 2.29. The summed E-state index contributed by atoms with van der Waals surface area (Å²) in [5.74, 6) is 0. The number of nitro benzene ring substituents is 1. The normalized spacial score (nSPS) is 14.1. The molecule has 0 unspecified atom stereocenters. The molecular formula is C25H27N5O5S. The number of hydrogen-bond acceptors (Lipinski definition) is 8. The van der Waals surface area contributed by atoms with Crippen LogP contribution in [0.1, 0.15) is 16.7 Å². The van der Waals surface area contributed by atoms with E-state index in [0.29, 0.717) is 18.9 Å². The summed E-state index contributed by atoms with van der Waals surface area (Å²) in [6.07, 6.45) is 1.54. The Hall–Kier alpha value is -3.96. The highest BCUT2D eigenvalue weighted by atomic mass is 32.2. The molecule has 36 heavy (non-hydrogen) atoms. The van der Waals surface area contributed by atoms with Crippen molar-refractivity contribution >= 4 is 39.0 Å². The second-order valence-corrected chi connectivity index (χ2v) is 10.1. The Kier molecular flexibility index (Phi) is 7.51. The van der Waals surface area contributed by atoms with Crippen molar-refractivity contribution in [3.8, 4) is 0 Å². The van der Waals surface area contributed by atoms with E-state index in [9.17, 15) is 18.5 Å². The number of anilines is 3. The van der Waals surface area contributed by atoms with Crippen molar-refractivity contribution in [1.29, 1.82) is 0 Å². The zero-order chi connectivity index (χ0) is 25.7. The molecule has 1 aliphatic rings. The molecule has 0 bridgehead atoms. The largest absolute Gasteiger partial charge is 0.378 e. The first-order chi connectivity index (χ1) is 17.2. The van der Waals surface area contributed by atoms with Gasteiger partial charge in [0.2, 0.25) is 0 Å². The number of benzene rings is 3. The Morgan fingerprint density at radius 3 is 2.36 bits per heavy atom. The fourth-order valence-electron chi connectivity index (χ4n) is 3.83. The molecule has 0 aromatic heterocycles. The van der Waals surface area contributed by atoms with Gasteiger partial charge in [0, 0.05) is 24.8 Å². The minimum Gasteiger partial charge on any atom is -0.378 e. The molecule has 11 heteroatoms. The summed E-state index contributed by atoms with van der Waals surface area (Å²) < 4.78 is 33.6. The van der Waals surface area contributed by atoms with Crippen molar-refractivity contribution < 1.29 is 18.1 Å². The van der Waals surface area contributed by atoms with Gasteiger partial charge in [-0.2, -0.15) is 5.10 Å². The third-order valence-corrected chi connectivity index (χ3v) is 7.13. The van der Waals surface area contributed by atoms with Gasteiger partial charge in [-0.15, -0.1) is 0 Å². The monoisotopic (exact) mass is 509 g/mol. The van der Waals surface area contributed by atoms with Crippen LogP contribution in [0, 0.1) is 24.0 Å². The van der Waals surface area contributed by atoms with Gasteiger partial charge in [-0.05, 0) is 55.3 Å². The van der Waals surface area contributed by atoms with Gasteiger partial charge in [-0.25, -0.2) is 8.42 Å². The van der Waals surface area contributed by atoms with Crippen LogP contribution in [0.25, 0.3) is 0 Å². The number of nitrogens with one attached hydrogen (secondary N) is 2. The molecule has 1 fully saturated rings. The van der Waals surface area contributed by atoms with E-state index in [4.69, 9.17) is 4.74 Å². The Morgan fingerprint density at radius 1 is 1.00 bits per heavy atom. The molecule has 1 saturated heterocycles. The maximum Gasteiger partial charge on any atom is 0.295 e. The first-order valence-corrected chi connectivity index (χ1v) is 12.8. The zero-order valence-corrected chi connectivity index (χ0v) is 20.8. The van der Waals surface area contributed by atoms with Gasteiger partial charge < -0.3 is 9.64 Å². The molecule has 2 N–H and O–H groups in total. The summed E-state index contributed by atoms with van der Waals surface area (Å²) in [7, 11) is -4.03. The van der Waals surface area contributed by atoms with Crippen LogP contribution in [0.5, 0.6) is 0 Å². The van der Waals surface area contributed by atoms with E-state index in [1.807, 2.05) is 37.3 Å². The third kappa shape index (κ3) is 5.99. The van der Waals surface area contributed by atoms with Crippen molar-refractivity contribution in [2.24, 2.45) is 5.10 Å². The second-order valence-electron chi connectivity index (χ2n) is 8.42. The lowest BCUT2D eigenvalue weighted by Gasteiger charge is -2.28. The average Bonchev–Trinajstić information content (AvgIpc) is 2.86. The number of hydrazone groups is 1. The van der Waals surface area contributed by atoms with Gasteiger partial charge in [-0.1, -0.05) is 29.8 Å². The summed E-state index contributed by atoms with van der Waals surface area (Å²) in [6.45, 7) is 6.77. The lowest BCUT2D eigenvalue weighted by molar-refractivity contribution is -0.384. The van der Waals surface area contributed by atoms with Crippen LogP contribution >= 0.6 is 0 Å². The Morgan fingerprint density at radius 2 is 1.69 bits per heavy atom. The number of ether oxygens (including phenoxy) is 1. The van der Waals surface area contributed by atoms with Crippen molar-refractivity contribution in [2.75, 3.05) is 41.4 Å². The van der Waals surface area contributed by atoms with Gasteiger partial charge in [0.25, 0.3) is 15.7 Å². The molecule has 0 aliphatic carbocycles. The van der Waals surface area contributed by atoms with Crippen molar-refractivity contribution in [3.05, 3.63) is 87.5 Å². The summed E-state index contributed by atoms with van der Waals surface area (Å²) >= 11 is 0. The van der Waals surface area contributed by atoms with E-state index in [1.165, 1.54) is 12.1 Å². The van der Waals surface area contributed by atoms with Crippen LogP contribution in [0.2, 0.25) is 0 Å². The van der Waals surface area contributed by atoms with E-state index in [2.05, 4.69) is 20.1 Å². The second kappa shape index (κ2) is 10.8. The standard InChI is InChI=1S/C25H27N5O5S/c1-18-3-9-23(19(2)15-18)28-36(33,34)22-8-10-24(25(16-22)30(31)32)27-26-17-20-4-6-21(7-5-20)29-11-13-35-14-12-29/h3-10,15-17,27-28H,11-14H2,1-2H3/b26-17+. The molecule has 1 heterocycles. The Bertz CT molecular complexity index is 1380. The molecule has 0 amide bonds. The van der Waals surface area contributed by atoms with Crippen LogP contribution in [0.4, 0.5) is 22.7 Å². The molecular weight excluding hydrogens is 482 g/mol. The van der Waals surface area contributed by atoms with Gasteiger partial charge in [0.15, 0.2) is 0 Å². The quantitative estimate of drug-likeness (QED) is 0.263. The topological polar surface area (TPSA) is 126 Å². The van der Waals surface area contributed by atoms with Crippen LogP contribution in [-0.2, 0) is 14.8 Å². The number of nitrogens with zero attached hydrogens (tertiary/aromatic N) is 3. The molecule has 0 spiro atoms. The molecule has 3 aromatic carbocycles. The Balaban J connectivity index is 1.48. The van der Waals surface area contributed by atoms with Crippen LogP contribution in [-0.4, -0.2) is 45.9 Å². The molecule has 0 saturated carbocycles. The lowest BCUT2D eigenvalue weighted by atomic mass is 10.1. The van der Waals surface area contributed by atoms with Gasteiger partial charge in [0.1, 0.15) is 5.69 Å². The SMILES string of the molecule is Cc1ccc(NS(=O)(=O)c2ccc(N/N=C/c3ccc(N4CCOCC4)cc3)c([N+](=O)[O-])c2)c(C)c1. The number of sulfonamides is 1. The van der Waals surface area contributed by atoms with Gasteiger partial charge in [-0.3, -0.25) is 20.3 Å². The molecule has 1 aliphatic heterocycles. The maximum absolute atomic E-state index is 12.9. The van der Waals surface area contributed by atoms with E-state index < -0.39 is 20.6 Å². The molecule has 3 aromatic rings. The van der Waals surface area contributed by atoms with Crippen molar-refractivity contribution in [1.82, 2.24) is 0 Å². The minimum absolute atomic E-state index is 0.0756. The summed E-state index contributed by atoms with van der Waals surface area (Å²) in [6, 6.07) is 16.7. The van der Waals surface area contributed by atoms with Gasteiger partial charge >= 0.3 is 0 Å². The number of morpholine rings is 1. The van der Waals surface area contributed by atoms with Crippen molar-refractivity contribution in [2.45, 2.75) is 18.7 Å². The predicted octanol–water partition coefficient (Wildman–Crippen LogP) is 4.30. The first kappa shape index (κ1) is 25.1. The molecule has 0 radical (unpaired) electrons. The summed E-state index contributed by atoms with van der Waals surface area (Å²) in [5, 5.41) is 15.8. The van der Waals surface area contributed by atoms with Crippen LogP contribution in [0.15, 0.2) is 70.7 Å². The van der Waals surface area contributed by atoms with E-state index in [-0.39, 0.29) is 10.6 Å². The highest BCUT2D eigenvalue weighted by Gasteiger charge is 2.22. The van der Waals surface area contributed by atoms with Crippen LogP contribution in [0.3, 0.4) is 0 Å². The Labute approximate surface area is 209 Å². The molecule has 0 atom stereocenters. The zero-order valence-electron chi connectivity index (χ0n) is 20.0. The molecule has 10 nitrogen and oxygen atoms in total. The number of hydrogen-bond donors (Lipinski definition) is 2. The van der Waals surface area contributed by atoms with Gasteiger partial charge in [0.05, 0.1) is 34.9 Å². The van der Waals surface area contributed by atoms with E-state index in [1.54, 1.807) is 25.3 Å². The highest BCUT2D eigenvalue weighted by molar-refractivity contribution is 7.92.